The molecule has 1 aromatic heterocycles. The fraction of sp³-hybridized carbons (Fsp3) is 0.769. The van der Waals surface area contributed by atoms with Crippen molar-refractivity contribution < 1.29 is 0 Å². The van der Waals surface area contributed by atoms with Gasteiger partial charge in [-0.3, -0.25) is 0 Å². The van der Waals surface area contributed by atoms with Crippen molar-refractivity contribution >= 4 is 0 Å². The van der Waals surface area contributed by atoms with E-state index in [0.717, 1.165) is 25.0 Å². The van der Waals surface area contributed by atoms with Crippen LogP contribution in [0.25, 0.3) is 0 Å². The molecule has 17 heavy (non-hydrogen) atoms. The number of imidazole rings is 1. The minimum atomic E-state index is 0.851. The van der Waals surface area contributed by atoms with E-state index in [1.807, 2.05) is 12.5 Å². The monoisotopic (exact) mass is 234 g/mol. The van der Waals surface area contributed by atoms with E-state index >= 15 is 0 Å². The molecule has 0 aromatic carbocycles. The Bertz CT molecular complexity index is 369. The Morgan fingerprint density at radius 2 is 2.29 bits per heavy atom. The zero-order chi connectivity index (χ0) is 11.7. The lowest BCUT2D eigenvalue weighted by Gasteiger charge is -2.15. The maximum Gasteiger partial charge on any atom is 0.0945 e. The number of likely N-dealkylation sites (tertiary alicyclic amines) is 1. The van der Waals surface area contributed by atoms with Crippen LogP contribution in [-0.2, 0) is 13.6 Å². The summed E-state index contributed by atoms with van der Waals surface area (Å²) in [5.41, 5.74) is 1.27. The van der Waals surface area contributed by atoms with Gasteiger partial charge in [-0.1, -0.05) is 0 Å². The quantitative estimate of drug-likeness (QED) is 0.825. The van der Waals surface area contributed by atoms with Crippen LogP contribution in [0.5, 0.6) is 0 Å². The molecule has 1 aliphatic heterocycles. The van der Waals surface area contributed by atoms with Crippen LogP contribution in [0, 0.1) is 5.92 Å². The smallest absolute Gasteiger partial charge is 0.0945 e. The van der Waals surface area contributed by atoms with E-state index in [2.05, 4.69) is 26.8 Å². The Morgan fingerprint density at radius 3 is 3.00 bits per heavy atom. The average molecular weight is 234 g/mol. The highest BCUT2D eigenvalue weighted by Gasteiger charge is 2.33. The minimum Gasteiger partial charge on any atom is -0.337 e. The number of aromatic nitrogens is 2. The number of rotatable bonds is 5. The van der Waals surface area contributed by atoms with Crippen LogP contribution >= 0.6 is 0 Å². The van der Waals surface area contributed by atoms with Crippen molar-refractivity contribution in [1.29, 1.82) is 0 Å². The molecule has 94 valence electrons. The Kier molecular flexibility index (Phi) is 3.16. The Hall–Kier alpha value is -0.870. The third kappa shape index (κ3) is 2.69. The van der Waals surface area contributed by atoms with Gasteiger partial charge in [0, 0.05) is 32.4 Å². The van der Waals surface area contributed by atoms with Gasteiger partial charge >= 0.3 is 0 Å². The Labute approximate surface area is 103 Å². The number of nitrogens with zero attached hydrogens (tertiary/aromatic N) is 3. The Balaban J connectivity index is 1.39. The maximum absolute atomic E-state index is 4.13. The molecule has 1 N–H and O–H groups in total. The summed E-state index contributed by atoms with van der Waals surface area (Å²) < 4.78 is 2.08. The van der Waals surface area contributed by atoms with E-state index in [-0.39, 0.29) is 0 Å². The van der Waals surface area contributed by atoms with Crippen LogP contribution in [-0.4, -0.2) is 40.1 Å². The van der Waals surface area contributed by atoms with Gasteiger partial charge in [0.2, 0.25) is 0 Å². The lowest BCUT2D eigenvalue weighted by atomic mass is 10.1. The van der Waals surface area contributed by atoms with Gasteiger partial charge in [-0.15, -0.1) is 0 Å². The first-order valence-electron chi connectivity index (χ1n) is 6.73. The standard InChI is InChI=1S/C13H22N4/c1-16-10-15-8-13(16)7-14-6-11-4-5-17(9-11)12-2-3-12/h8,10-12,14H,2-7,9H2,1H3/t11-/m1/s1. The van der Waals surface area contributed by atoms with E-state index in [4.69, 9.17) is 0 Å². The molecule has 0 spiro atoms. The molecule has 0 unspecified atom stereocenters. The summed E-state index contributed by atoms with van der Waals surface area (Å²) in [6, 6.07) is 0.942. The molecule has 1 saturated heterocycles. The van der Waals surface area contributed by atoms with Gasteiger partial charge in [0.15, 0.2) is 0 Å². The SMILES string of the molecule is Cn1cncc1CNC[C@H]1CCN(C2CC2)C1. The maximum atomic E-state index is 4.13. The summed E-state index contributed by atoms with van der Waals surface area (Å²) in [6.45, 7) is 4.72. The third-order valence-electron chi connectivity index (χ3n) is 4.04. The minimum absolute atomic E-state index is 0.851. The van der Waals surface area contributed by atoms with E-state index < -0.39 is 0 Å². The summed E-state index contributed by atoms with van der Waals surface area (Å²) in [4.78, 5) is 6.81. The van der Waals surface area contributed by atoms with Gasteiger partial charge < -0.3 is 14.8 Å². The lowest BCUT2D eigenvalue weighted by molar-refractivity contribution is 0.311. The summed E-state index contributed by atoms with van der Waals surface area (Å²) in [6.07, 6.45) is 8.05. The molecule has 4 nitrogen and oxygen atoms in total. The van der Waals surface area contributed by atoms with Crippen molar-refractivity contribution in [2.45, 2.75) is 31.8 Å². The number of hydrogen-bond donors (Lipinski definition) is 1. The summed E-state index contributed by atoms with van der Waals surface area (Å²) in [5.74, 6) is 0.851. The molecule has 4 heteroatoms. The molecule has 3 rings (SSSR count). The largest absolute Gasteiger partial charge is 0.337 e. The molecule has 1 aromatic rings. The van der Waals surface area contributed by atoms with Crippen LogP contribution in [0.3, 0.4) is 0 Å². The first-order valence-corrected chi connectivity index (χ1v) is 6.73. The van der Waals surface area contributed by atoms with Gasteiger partial charge in [0.1, 0.15) is 0 Å². The van der Waals surface area contributed by atoms with Crippen LogP contribution < -0.4 is 5.32 Å². The molecule has 1 aliphatic carbocycles. The predicted octanol–water partition coefficient (Wildman–Crippen LogP) is 0.994. The second-order valence-corrected chi connectivity index (χ2v) is 5.51. The fourth-order valence-electron chi connectivity index (χ4n) is 2.76. The topological polar surface area (TPSA) is 33.1 Å². The normalized spacial score (nSPS) is 25.6. The number of hydrogen-bond acceptors (Lipinski definition) is 3. The van der Waals surface area contributed by atoms with E-state index in [1.165, 1.54) is 38.0 Å². The zero-order valence-corrected chi connectivity index (χ0v) is 10.6. The molecule has 1 atom stereocenters. The van der Waals surface area contributed by atoms with E-state index in [0.29, 0.717) is 0 Å². The van der Waals surface area contributed by atoms with Crippen LogP contribution in [0.1, 0.15) is 25.0 Å². The number of aryl methyl sites for hydroxylation is 1. The van der Waals surface area contributed by atoms with E-state index in [1.54, 1.807) is 0 Å². The average Bonchev–Trinajstić information content (AvgIpc) is 2.94. The predicted molar refractivity (Wildman–Crippen MR) is 67.6 cm³/mol. The summed E-state index contributed by atoms with van der Waals surface area (Å²) in [5, 5.41) is 3.56. The second kappa shape index (κ2) is 4.78. The Morgan fingerprint density at radius 1 is 1.41 bits per heavy atom. The molecular weight excluding hydrogens is 212 g/mol. The van der Waals surface area contributed by atoms with Crippen LogP contribution in [0.4, 0.5) is 0 Å². The van der Waals surface area contributed by atoms with Crippen molar-refractivity contribution in [3.05, 3.63) is 18.2 Å². The molecule has 2 heterocycles. The van der Waals surface area contributed by atoms with Crippen LogP contribution in [0.2, 0.25) is 0 Å². The van der Waals surface area contributed by atoms with Gasteiger partial charge in [0.25, 0.3) is 0 Å². The molecule has 0 bridgehead atoms. The molecule has 2 fully saturated rings. The van der Waals surface area contributed by atoms with Crippen molar-refractivity contribution in [3.8, 4) is 0 Å². The van der Waals surface area contributed by atoms with Crippen LogP contribution in [0.15, 0.2) is 12.5 Å². The lowest BCUT2D eigenvalue weighted by Crippen LogP contribution is -2.27. The van der Waals surface area contributed by atoms with Gasteiger partial charge in [0.05, 0.1) is 12.0 Å². The first kappa shape index (κ1) is 11.2. The summed E-state index contributed by atoms with van der Waals surface area (Å²) in [7, 11) is 2.05. The zero-order valence-electron chi connectivity index (χ0n) is 10.6. The van der Waals surface area contributed by atoms with Gasteiger partial charge in [-0.2, -0.15) is 0 Å². The summed E-state index contributed by atoms with van der Waals surface area (Å²) >= 11 is 0. The van der Waals surface area contributed by atoms with E-state index in [9.17, 15) is 0 Å². The van der Waals surface area contributed by atoms with Crippen molar-refractivity contribution in [2.75, 3.05) is 19.6 Å². The second-order valence-electron chi connectivity index (χ2n) is 5.51. The molecule has 0 radical (unpaired) electrons. The first-order chi connectivity index (χ1) is 8.33. The molecular formula is C13H22N4. The fourth-order valence-corrected chi connectivity index (χ4v) is 2.76. The molecule has 1 saturated carbocycles. The highest BCUT2D eigenvalue weighted by molar-refractivity contribution is 4.97. The van der Waals surface area contributed by atoms with Gasteiger partial charge in [-0.25, -0.2) is 4.98 Å². The number of nitrogens with one attached hydrogen (secondary N) is 1. The van der Waals surface area contributed by atoms with Crippen molar-refractivity contribution in [2.24, 2.45) is 13.0 Å². The van der Waals surface area contributed by atoms with Crippen molar-refractivity contribution in [3.63, 3.8) is 0 Å². The van der Waals surface area contributed by atoms with Gasteiger partial charge in [-0.05, 0) is 38.3 Å². The van der Waals surface area contributed by atoms with Crippen molar-refractivity contribution in [1.82, 2.24) is 19.8 Å². The third-order valence-corrected chi connectivity index (χ3v) is 4.04. The highest BCUT2D eigenvalue weighted by Crippen LogP contribution is 2.31. The molecule has 0 amide bonds. The molecule has 2 aliphatic rings. The highest BCUT2D eigenvalue weighted by atomic mass is 15.2.